The van der Waals surface area contributed by atoms with Crippen LogP contribution in [-0.2, 0) is 9.53 Å². The lowest BCUT2D eigenvalue weighted by Crippen LogP contribution is -2.50. The van der Waals surface area contributed by atoms with Crippen molar-refractivity contribution in [1.29, 1.82) is 0 Å². The summed E-state index contributed by atoms with van der Waals surface area (Å²) in [5.41, 5.74) is 0. The van der Waals surface area contributed by atoms with Crippen molar-refractivity contribution >= 4 is 22.4 Å². The van der Waals surface area contributed by atoms with E-state index in [-0.39, 0.29) is 23.7 Å². The van der Waals surface area contributed by atoms with Crippen molar-refractivity contribution in [2.45, 2.75) is 19.1 Å². The fourth-order valence-corrected chi connectivity index (χ4v) is 2.90. The number of hydrogen-bond acceptors (Lipinski definition) is 6. The third-order valence-electron chi connectivity index (χ3n) is 3.34. The van der Waals surface area contributed by atoms with Gasteiger partial charge in [-0.1, -0.05) is 0 Å². The molecule has 2 unspecified atom stereocenters. The van der Waals surface area contributed by atoms with E-state index >= 15 is 0 Å². The first kappa shape index (κ1) is 12.9. The summed E-state index contributed by atoms with van der Waals surface area (Å²) in [5.74, 6) is -0.386. The number of carbonyl (C=O) groups is 1. The minimum absolute atomic E-state index is 0.0626. The molecule has 6 nitrogen and oxygen atoms in total. The SMILES string of the molecule is CN1CC(OC(=O)C2CC2)[N+]([O-])(c2ncc(F)s2)C1. The minimum atomic E-state index is -0.913. The van der Waals surface area contributed by atoms with Crippen molar-refractivity contribution < 1.29 is 13.9 Å². The number of likely N-dealkylation sites (N-methyl/N-ethyl adjacent to an activating group) is 1. The van der Waals surface area contributed by atoms with Gasteiger partial charge in [0.2, 0.25) is 5.13 Å². The highest BCUT2D eigenvalue weighted by Gasteiger charge is 2.46. The molecule has 2 heterocycles. The van der Waals surface area contributed by atoms with E-state index in [1.165, 1.54) is 0 Å². The Morgan fingerprint density at radius 2 is 2.42 bits per heavy atom. The Labute approximate surface area is 113 Å². The molecule has 1 saturated carbocycles. The summed E-state index contributed by atoms with van der Waals surface area (Å²) >= 11 is 0.705. The van der Waals surface area contributed by atoms with Gasteiger partial charge < -0.3 is 9.94 Å². The van der Waals surface area contributed by atoms with E-state index in [0.717, 1.165) is 19.0 Å². The van der Waals surface area contributed by atoms with Crippen molar-refractivity contribution in [3.8, 4) is 0 Å². The molecule has 0 spiro atoms. The summed E-state index contributed by atoms with van der Waals surface area (Å²) in [6, 6.07) is 0. The van der Waals surface area contributed by atoms with Crippen molar-refractivity contribution in [1.82, 2.24) is 14.5 Å². The number of quaternary nitrogens is 1. The fourth-order valence-electron chi connectivity index (χ4n) is 2.18. The molecule has 1 aromatic rings. The van der Waals surface area contributed by atoms with Gasteiger partial charge in [0.25, 0.3) is 11.4 Å². The maximum atomic E-state index is 13.1. The average molecular weight is 287 g/mol. The molecule has 0 aromatic carbocycles. The van der Waals surface area contributed by atoms with Crippen LogP contribution in [0.4, 0.5) is 9.52 Å². The topological polar surface area (TPSA) is 65.5 Å². The Hall–Kier alpha value is -1.09. The molecule has 1 aliphatic carbocycles. The zero-order chi connectivity index (χ0) is 13.6. The van der Waals surface area contributed by atoms with E-state index < -0.39 is 16.0 Å². The van der Waals surface area contributed by atoms with Gasteiger partial charge in [-0.3, -0.25) is 9.44 Å². The van der Waals surface area contributed by atoms with Gasteiger partial charge in [-0.05, 0) is 31.2 Å². The second-order valence-corrected chi connectivity index (χ2v) is 6.05. The van der Waals surface area contributed by atoms with Crippen LogP contribution >= 0.6 is 11.3 Å². The highest BCUT2D eigenvalue weighted by atomic mass is 32.1. The maximum absolute atomic E-state index is 13.1. The second kappa shape index (κ2) is 4.48. The number of hydroxylamine groups is 2. The molecule has 2 atom stereocenters. The Kier molecular flexibility index (Phi) is 3.05. The van der Waals surface area contributed by atoms with Gasteiger partial charge in [-0.25, -0.2) is 4.90 Å². The van der Waals surface area contributed by atoms with Crippen LogP contribution in [-0.4, -0.2) is 42.3 Å². The Bertz CT molecular complexity index is 507. The summed E-state index contributed by atoms with van der Waals surface area (Å²) in [5, 5.41) is 12.4. The van der Waals surface area contributed by atoms with Crippen LogP contribution in [0.15, 0.2) is 6.20 Å². The molecule has 1 saturated heterocycles. The van der Waals surface area contributed by atoms with E-state index in [1.54, 1.807) is 11.9 Å². The van der Waals surface area contributed by atoms with Gasteiger partial charge in [0.05, 0.1) is 18.7 Å². The quantitative estimate of drug-likeness (QED) is 0.476. The molecule has 0 N–H and O–H groups in total. The second-order valence-electron chi connectivity index (χ2n) is 5.09. The first-order valence-electron chi connectivity index (χ1n) is 6.09. The Morgan fingerprint density at radius 3 is 3.00 bits per heavy atom. The summed E-state index contributed by atoms with van der Waals surface area (Å²) in [6.07, 6.45) is 1.82. The van der Waals surface area contributed by atoms with Gasteiger partial charge in [-0.15, -0.1) is 0 Å². The molecule has 1 aromatic heterocycles. The van der Waals surface area contributed by atoms with E-state index in [2.05, 4.69) is 4.98 Å². The molecule has 0 amide bonds. The zero-order valence-corrected chi connectivity index (χ0v) is 11.2. The van der Waals surface area contributed by atoms with Crippen LogP contribution in [0.3, 0.4) is 0 Å². The van der Waals surface area contributed by atoms with Gasteiger partial charge in [0.1, 0.15) is 6.67 Å². The van der Waals surface area contributed by atoms with E-state index in [1.807, 2.05) is 0 Å². The first-order valence-corrected chi connectivity index (χ1v) is 6.90. The standard InChI is InChI=1S/C11H14FN3O3S/c1-14-5-9(18-10(16)7-2-3-7)15(17,6-14)11-13-4-8(12)19-11/h4,7,9H,2-3,5-6H2,1H3. The Morgan fingerprint density at radius 1 is 1.68 bits per heavy atom. The molecule has 2 fully saturated rings. The molecule has 2 aliphatic rings. The average Bonchev–Trinajstić information content (AvgIpc) is 3.04. The third kappa shape index (κ3) is 2.36. The van der Waals surface area contributed by atoms with Gasteiger partial charge in [0, 0.05) is 0 Å². The molecule has 0 bridgehead atoms. The molecule has 19 heavy (non-hydrogen) atoms. The highest BCUT2D eigenvalue weighted by Crippen LogP contribution is 2.36. The smallest absolute Gasteiger partial charge is 0.313 e. The molecular weight excluding hydrogens is 273 g/mol. The van der Waals surface area contributed by atoms with Crippen LogP contribution < -0.4 is 4.65 Å². The number of ether oxygens (including phenoxy) is 1. The van der Waals surface area contributed by atoms with Gasteiger partial charge >= 0.3 is 5.97 Å². The van der Waals surface area contributed by atoms with Gasteiger partial charge in [0.15, 0.2) is 0 Å². The van der Waals surface area contributed by atoms with E-state index in [9.17, 15) is 14.4 Å². The number of carbonyl (C=O) groups excluding carboxylic acids is 1. The number of esters is 1. The van der Waals surface area contributed by atoms with Crippen LogP contribution in [0.2, 0.25) is 0 Å². The fraction of sp³-hybridized carbons (Fsp3) is 0.636. The zero-order valence-electron chi connectivity index (χ0n) is 10.4. The predicted octanol–water partition coefficient (Wildman–Crippen LogP) is 1.27. The number of aromatic nitrogens is 1. The summed E-state index contributed by atoms with van der Waals surface area (Å²) < 4.78 is 17.5. The normalized spacial score (nSPS) is 31.6. The molecule has 0 radical (unpaired) electrons. The van der Waals surface area contributed by atoms with E-state index in [0.29, 0.717) is 17.9 Å². The first-order chi connectivity index (χ1) is 8.99. The maximum Gasteiger partial charge on any atom is 0.313 e. The molecular formula is C11H14FN3O3S. The summed E-state index contributed by atoms with van der Waals surface area (Å²) in [6.45, 7) is 0.443. The molecule has 8 heteroatoms. The van der Waals surface area contributed by atoms with Crippen molar-refractivity contribution in [2.75, 3.05) is 20.3 Å². The number of nitrogens with zero attached hydrogens (tertiary/aromatic N) is 3. The molecule has 104 valence electrons. The summed E-state index contributed by atoms with van der Waals surface area (Å²) in [7, 11) is 1.76. The predicted molar refractivity (Wildman–Crippen MR) is 67.3 cm³/mol. The number of hydrogen-bond donors (Lipinski definition) is 0. The number of halogens is 1. The molecule has 1 aliphatic heterocycles. The van der Waals surface area contributed by atoms with Gasteiger partial charge in [-0.2, -0.15) is 9.37 Å². The number of thiazole rings is 1. The summed E-state index contributed by atoms with van der Waals surface area (Å²) in [4.78, 5) is 17.3. The Balaban J connectivity index is 1.82. The lowest BCUT2D eigenvalue weighted by molar-refractivity contribution is -0.155. The molecule has 3 rings (SSSR count). The lowest BCUT2D eigenvalue weighted by atomic mass is 10.4. The number of rotatable bonds is 3. The van der Waals surface area contributed by atoms with Crippen molar-refractivity contribution in [2.24, 2.45) is 5.92 Å². The minimum Gasteiger partial charge on any atom is -0.622 e. The van der Waals surface area contributed by atoms with E-state index in [4.69, 9.17) is 4.74 Å². The highest BCUT2D eigenvalue weighted by molar-refractivity contribution is 7.13. The third-order valence-corrected chi connectivity index (χ3v) is 4.23. The van der Waals surface area contributed by atoms with Crippen LogP contribution in [0, 0.1) is 16.3 Å². The van der Waals surface area contributed by atoms with Crippen LogP contribution in [0.1, 0.15) is 12.8 Å². The monoisotopic (exact) mass is 287 g/mol. The lowest BCUT2D eigenvalue weighted by Gasteiger charge is -2.38. The largest absolute Gasteiger partial charge is 0.622 e. The van der Waals surface area contributed by atoms with Crippen LogP contribution in [0.25, 0.3) is 0 Å². The van der Waals surface area contributed by atoms with Crippen LogP contribution in [0.5, 0.6) is 0 Å². The van der Waals surface area contributed by atoms with Crippen molar-refractivity contribution in [3.05, 3.63) is 16.5 Å². The van der Waals surface area contributed by atoms with Crippen molar-refractivity contribution in [3.63, 3.8) is 0 Å².